The first-order valence-corrected chi connectivity index (χ1v) is 8.48. The van der Waals surface area contributed by atoms with Crippen LogP contribution in [0.1, 0.15) is 39.0 Å². The molecule has 0 aromatic rings. The Bertz CT molecular complexity index is 363. The van der Waals surface area contributed by atoms with Crippen molar-refractivity contribution in [2.75, 3.05) is 46.0 Å². The first kappa shape index (κ1) is 15.1. The SMILES string of the molecule is CCOCCC1CCOC2(C1)CN(C(=O)N1CCCC1)C2. The van der Waals surface area contributed by atoms with Crippen molar-refractivity contribution in [2.24, 2.45) is 5.92 Å². The van der Waals surface area contributed by atoms with Crippen LogP contribution in [0.15, 0.2) is 0 Å². The van der Waals surface area contributed by atoms with E-state index in [0.29, 0.717) is 5.92 Å². The molecule has 0 bridgehead atoms. The molecule has 1 atom stereocenters. The number of rotatable bonds is 4. The molecule has 3 fully saturated rings. The number of nitrogens with zero attached hydrogens (tertiary/aromatic N) is 2. The maximum Gasteiger partial charge on any atom is 0.320 e. The van der Waals surface area contributed by atoms with E-state index in [9.17, 15) is 4.79 Å². The highest BCUT2D eigenvalue weighted by Crippen LogP contribution is 2.38. The molecule has 0 aromatic carbocycles. The van der Waals surface area contributed by atoms with Gasteiger partial charge in [0.2, 0.25) is 0 Å². The number of hydrogen-bond acceptors (Lipinski definition) is 3. The second kappa shape index (κ2) is 6.53. The average Bonchev–Trinajstić information content (AvgIpc) is 2.99. The van der Waals surface area contributed by atoms with E-state index in [1.807, 2.05) is 16.7 Å². The number of hydrogen-bond donors (Lipinski definition) is 0. The van der Waals surface area contributed by atoms with E-state index in [2.05, 4.69) is 0 Å². The molecular formula is C16H28N2O3. The van der Waals surface area contributed by atoms with Crippen LogP contribution in [0.3, 0.4) is 0 Å². The Hall–Kier alpha value is -0.810. The lowest BCUT2D eigenvalue weighted by Crippen LogP contribution is -2.68. The minimum atomic E-state index is -0.0511. The van der Waals surface area contributed by atoms with Crippen molar-refractivity contribution in [3.63, 3.8) is 0 Å². The Morgan fingerprint density at radius 2 is 2.05 bits per heavy atom. The van der Waals surface area contributed by atoms with Gasteiger partial charge in [-0.15, -0.1) is 0 Å². The molecule has 21 heavy (non-hydrogen) atoms. The molecule has 0 aliphatic carbocycles. The lowest BCUT2D eigenvalue weighted by atomic mass is 9.79. The molecule has 3 heterocycles. The summed E-state index contributed by atoms with van der Waals surface area (Å²) in [7, 11) is 0. The van der Waals surface area contributed by atoms with Gasteiger partial charge in [-0.2, -0.15) is 0 Å². The summed E-state index contributed by atoms with van der Waals surface area (Å²) in [6.07, 6.45) is 5.65. The monoisotopic (exact) mass is 296 g/mol. The first-order valence-electron chi connectivity index (χ1n) is 8.48. The fourth-order valence-corrected chi connectivity index (χ4v) is 3.88. The van der Waals surface area contributed by atoms with E-state index in [1.54, 1.807) is 0 Å². The van der Waals surface area contributed by atoms with Crippen molar-refractivity contribution >= 4 is 6.03 Å². The van der Waals surface area contributed by atoms with Gasteiger partial charge >= 0.3 is 6.03 Å². The van der Waals surface area contributed by atoms with Gasteiger partial charge in [0.05, 0.1) is 13.1 Å². The highest BCUT2D eigenvalue weighted by molar-refractivity contribution is 5.76. The van der Waals surface area contributed by atoms with E-state index >= 15 is 0 Å². The summed E-state index contributed by atoms with van der Waals surface area (Å²) in [5.74, 6) is 0.689. The third-order valence-corrected chi connectivity index (χ3v) is 5.07. The normalized spacial score (nSPS) is 28.0. The van der Waals surface area contributed by atoms with Crippen molar-refractivity contribution in [1.29, 1.82) is 0 Å². The highest BCUT2D eigenvalue weighted by atomic mass is 16.5. The first-order chi connectivity index (χ1) is 10.2. The van der Waals surface area contributed by atoms with E-state index in [0.717, 1.165) is 78.1 Å². The van der Waals surface area contributed by atoms with Gasteiger partial charge in [-0.25, -0.2) is 4.79 Å². The van der Waals surface area contributed by atoms with Crippen molar-refractivity contribution in [3.05, 3.63) is 0 Å². The predicted molar refractivity (Wildman–Crippen MR) is 80.3 cm³/mol. The molecule has 3 aliphatic rings. The Balaban J connectivity index is 1.45. The molecule has 3 saturated heterocycles. The van der Waals surface area contributed by atoms with Gasteiger partial charge in [0.1, 0.15) is 5.60 Å². The van der Waals surface area contributed by atoms with Crippen LogP contribution in [0.5, 0.6) is 0 Å². The Kier molecular flexibility index (Phi) is 4.69. The summed E-state index contributed by atoms with van der Waals surface area (Å²) < 4.78 is 11.5. The maximum absolute atomic E-state index is 12.3. The van der Waals surface area contributed by atoms with Gasteiger partial charge in [-0.1, -0.05) is 0 Å². The summed E-state index contributed by atoms with van der Waals surface area (Å²) in [6, 6.07) is 0.221. The van der Waals surface area contributed by atoms with E-state index in [4.69, 9.17) is 9.47 Å². The smallest absolute Gasteiger partial charge is 0.320 e. The van der Waals surface area contributed by atoms with Crippen LogP contribution in [0.25, 0.3) is 0 Å². The van der Waals surface area contributed by atoms with E-state index < -0.39 is 0 Å². The standard InChI is InChI=1S/C16H28N2O3/c1-2-20-9-5-14-6-10-21-16(11-14)12-18(13-16)15(19)17-7-3-4-8-17/h14H,2-13H2,1H3. The van der Waals surface area contributed by atoms with Crippen LogP contribution < -0.4 is 0 Å². The number of amides is 2. The average molecular weight is 296 g/mol. The second-order valence-corrected chi connectivity index (χ2v) is 6.71. The van der Waals surface area contributed by atoms with Gasteiger partial charge in [0.25, 0.3) is 0 Å². The van der Waals surface area contributed by atoms with Gasteiger partial charge in [0.15, 0.2) is 0 Å². The van der Waals surface area contributed by atoms with Crippen LogP contribution in [-0.2, 0) is 9.47 Å². The number of ether oxygens (including phenoxy) is 2. The molecule has 1 unspecified atom stereocenters. The van der Waals surface area contributed by atoms with Crippen molar-refractivity contribution in [3.8, 4) is 0 Å². The largest absolute Gasteiger partial charge is 0.382 e. The van der Waals surface area contributed by atoms with Gasteiger partial charge in [-0.3, -0.25) is 0 Å². The predicted octanol–water partition coefficient (Wildman–Crippen LogP) is 2.11. The lowest BCUT2D eigenvalue weighted by molar-refractivity contribution is -0.168. The summed E-state index contributed by atoms with van der Waals surface area (Å²) in [6.45, 7) is 7.96. The molecule has 3 rings (SSSR count). The zero-order chi connectivity index (χ0) is 14.7. The number of carbonyl (C=O) groups excluding carboxylic acids is 1. The zero-order valence-electron chi connectivity index (χ0n) is 13.2. The molecule has 3 aliphatic heterocycles. The number of likely N-dealkylation sites (tertiary alicyclic amines) is 2. The topological polar surface area (TPSA) is 42.0 Å². The van der Waals surface area contributed by atoms with E-state index in [-0.39, 0.29) is 11.6 Å². The molecule has 5 heteroatoms. The number of carbonyl (C=O) groups is 1. The molecule has 0 saturated carbocycles. The summed E-state index contributed by atoms with van der Waals surface area (Å²) in [4.78, 5) is 16.3. The molecular weight excluding hydrogens is 268 g/mol. The van der Waals surface area contributed by atoms with Crippen LogP contribution >= 0.6 is 0 Å². The van der Waals surface area contributed by atoms with Crippen molar-refractivity contribution in [2.45, 2.75) is 44.6 Å². The quantitative estimate of drug-likeness (QED) is 0.746. The van der Waals surface area contributed by atoms with Crippen LogP contribution in [0.2, 0.25) is 0 Å². The Morgan fingerprint density at radius 3 is 2.76 bits per heavy atom. The summed E-state index contributed by atoms with van der Waals surface area (Å²) in [5.41, 5.74) is -0.0511. The Morgan fingerprint density at radius 1 is 1.29 bits per heavy atom. The zero-order valence-corrected chi connectivity index (χ0v) is 13.2. The fraction of sp³-hybridized carbons (Fsp3) is 0.938. The molecule has 0 aromatic heterocycles. The third kappa shape index (κ3) is 3.34. The molecule has 5 nitrogen and oxygen atoms in total. The number of urea groups is 1. The third-order valence-electron chi connectivity index (χ3n) is 5.07. The molecule has 0 N–H and O–H groups in total. The fourth-order valence-electron chi connectivity index (χ4n) is 3.88. The van der Waals surface area contributed by atoms with Gasteiger partial charge in [-0.05, 0) is 44.9 Å². The van der Waals surface area contributed by atoms with Gasteiger partial charge < -0.3 is 19.3 Å². The van der Waals surface area contributed by atoms with Crippen molar-refractivity contribution < 1.29 is 14.3 Å². The van der Waals surface area contributed by atoms with Crippen LogP contribution in [0, 0.1) is 5.92 Å². The molecule has 2 amide bonds. The molecule has 0 radical (unpaired) electrons. The van der Waals surface area contributed by atoms with Crippen LogP contribution in [0.4, 0.5) is 4.79 Å². The summed E-state index contributed by atoms with van der Waals surface area (Å²) >= 11 is 0. The van der Waals surface area contributed by atoms with Crippen LogP contribution in [-0.4, -0.2) is 67.4 Å². The van der Waals surface area contributed by atoms with Crippen molar-refractivity contribution in [1.82, 2.24) is 9.80 Å². The molecule has 120 valence electrons. The van der Waals surface area contributed by atoms with E-state index in [1.165, 1.54) is 0 Å². The molecule has 1 spiro atoms. The highest BCUT2D eigenvalue weighted by Gasteiger charge is 2.50. The lowest BCUT2D eigenvalue weighted by Gasteiger charge is -2.53. The Labute approximate surface area is 127 Å². The van der Waals surface area contributed by atoms with Gasteiger partial charge in [0, 0.05) is 32.9 Å². The maximum atomic E-state index is 12.3. The second-order valence-electron chi connectivity index (χ2n) is 6.71. The minimum Gasteiger partial charge on any atom is -0.382 e. The minimum absolute atomic E-state index is 0.0511. The summed E-state index contributed by atoms with van der Waals surface area (Å²) in [5, 5.41) is 0.